The summed E-state index contributed by atoms with van der Waals surface area (Å²) in [5, 5.41) is 17.5. The predicted molar refractivity (Wildman–Crippen MR) is 116 cm³/mol. The van der Waals surface area contributed by atoms with Crippen molar-refractivity contribution in [3.8, 4) is 0 Å². The minimum atomic E-state index is -0.438. The number of nitro groups is 1. The number of rotatable bonds is 9. The number of anilines is 2. The Bertz CT molecular complexity index is 840. The van der Waals surface area contributed by atoms with Gasteiger partial charge in [-0.25, -0.2) is 0 Å². The Labute approximate surface area is 174 Å². The Morgan fingerprint density at radius 3 is 2.76 bits per heavy atom. The molecule has 1 aliphatic rings. The highest BCUT2D eigenvalue weighted by molar-refractivity contribution is 7.99. The van der Waals surface area contributed by atoms with Crippen molar-refractivity contribution in [2.24, 2.45) is 0 Å². The number of para-hydroxylation sites is 2. The standard InChI is InChI=1S/C21H25N3O4S/c25-21(8-11-22-19-6-1-2-7-20(19)24(26)27)23-17-5-3-4-16(14-17)15-29-18-9-12-28-13-10-18/h1-7,14,18,22H,8-13,15H2,(H,23,25). The first-order chi connectivity index (χ1) is 14.1. The molecule has 8 heteroatoms. The van der Waals surface area contributed by atoms with Gasteiger partial charge in [0.1, 0.15) is 5.69 Å². The Morgan fingerprint density at radius 2 is 1.97 bits per heavy atom. The molecule has 1 saturated heterocycles. The first-order valence-electron chi connectivity index (χ1n) is 9.67. The van der Waals surface area contributed by atoms with Crippen molar-refractivity contribution >= 4 is 34.7 Å². The molecule has 1 aliphatic heterocycles. The summed E-state index contributed by atoms with van der Waals surface area (Å²) in [6.45, 7) is 2.00. The van der Waals surface area contributed by atoms with Crippen LogP contribution < -0.4 is 10.6 Å². The van der Waals surface area contributed by atoms with E-state index < -0.39 is 4.92 Å². The zero-order valence-corrected chi connectivity index (χ0v) is 17.0. The SMILES string of the molecule is O=C(CCNc1ccccc1[N+](=O)[O-])Nc1cccc(CSC2CCOCC2)c1. The van der Waals surface area contributed by atoms with Gasteiger partial charge in [0.2, 0.25) is 5.91 Å². The van der Waals surface area contributed by atoms with E-state index in [0.29, 0.717) is 17.5 Å². The van der Waals surface area contributed by atoms with E-state index in [1.54, 1.807) is 18.2 Å². The van der Waals surface area contributed by atoms with Crippen molar-refractivity contribution in [3.05, 3.63) is 64.2 Å². The summed E-state index contributed by atoms with van der Waals surface area (Å²) in [7, 11) is 0. The molecule has 0 spiro atoms. The van der Waals surface area contributed by atoms with Crippen LogP contribution in [0.4, 0.5) is 17.1 Å². The van der Waals surface area contributed by atoms with Crippen LogP contribution in [0.15, 0.2) is 48.5 Å². The Hall–Kier alpha value is -2.58. The number of ether oxygens (including phenoxy) is 1. The number of thioether (sulfide) groups is 1. The fourth-order valence-electron chi connectivity index (χ4n) is 3.11. The molecule has 154 valence electrons. The molecular weight excluding hydrogens is 390 g/mol. The molecule has 2 N–H and O–H groups in total. The molecule has 1 amide bonds. The molecule has 0 saturated carbocycles. The average Bonchev–Trinajstić information content (AvgIpc) is 2.73. The molecule has 1 fully saturated rings. The summed E-state index contributed by atoms with van der Waals surface area (Å²) >= 11 is 1.94. The van der Waals surface area contributed by atoms with Crippen LogP contribution in [-0.4, -0.2) is 35.8 Å². The number of hydrogen-bond acceptors (Lipinski definition) is 6. The van der Waals surface area contributed by atoms with Gasteiger partial charge in [-0.3, -0.25) is 14.9 Å². The summed E-state index contributed by atoms with van der Waals surface area (Å²) in [5.41, 5.74) is 2.36. The van der Waals surface area contributed by atoms with E-state index in [-0.39, 0.29) is 18.0 Å². The van der Waals surface area contributed by atoms with Gasteiger partial charge in [-0.1, -0.05) is 24.3 Å². The maximum Gasteiger partial charge on any atom is 0.292 e. The lowest BCUT2D eigenvalue weighted by Crippen LogP contribution is -2.17. The zero-order valence-electron chi connectivity index (χ0n) is 16.1. The lowest BCUT2D eigenvalue weighted by Gasteiger charge is -2.21. The Morgan fingerprint density at radius 1 is 1.17 bits per heavy atom. The summed E-state index contributed by atoms with van der Waals surface area (Å²) in [6, 6.07) is 14.3. The molecule has 29 heavy (non-hydrogen) atoms. The van der Waals surface area contributed by atoms with E-state index in [9.17, 15) is 14.9 Å². The number of nitrogens with one attached hydrogen (secondary N) is 2. The number of nitrogens with zero attached hydrogens (tertiary/aromatic N) is 1. The third-order valence-electron chi connectivity index (χ3n) is 4.63. The predicted octanol–water partition coefficient (Wildman–Crippen LogP) is 4.45. The van der Waals surface area contributed by atoms with Crippen molar-refractivity contribution < 1.29 is 14.5 Å². The first-order valence-corrected chi connectivity index (χ1v) is 10.7. The van der Waals surface area contributed by atoms with Crippen LogP contribution >= 0.6 is 11.8 Å². The van der Waals surface area contributed by atoms with E-state index in [1.807, 2.05) is 30.0 Å². The highest BCUT2D eigenvalue weighted by Crippen LogP contribution is 2.26. The number of carbonyl (C=O) groups excluding carboxylic acids is 1. The van der Waals surface area contributed by atoms with Gasteiger partial charge in [-0.05, 0) is 36.6 Å². The van der Waals surface area contributed by atoms with Crippen molar-refractivity contribution in [3.63, 3.8) is 0 Å². The molecule has 0 radical (unpaired) electrons. The second-order valence-electron chi connectivity index (χ2n) is 6.82. The highest BCUT2D eigenvalue weighted by Gasteiger charge is 2.14. The van der Waals surface area contributed by atoms with Gasteiger partial charge in [-0.15, -0.1) is 0 Å². The minimum Gasteiger partial charge on any atom is -0.381 e. The van der Waals surface area contributed by atoms with Crippen LogP contribution in [0.25, 0.3) is 0 Å². The molecule has 1 heterocycles. The zero-order chi connectivity index (χ0) is 20.5. The van der Waals surface area contributed by atoms with E-state index in [2.05, 4.69) is 16.7 Å². The third-order valence-corrected chi connectivity index (χ3v) is 6.08. The van der Waals surface area contributed by atoms with Gasteiger partial charge < -0.3 is 15.4 Å². The Balaban J connectivity index is 1.45. The quantitative estimate of drug-likeness (QED) is 0.464. The van der Waals surface area contributed by atoms with E-state index in [4.69, 9.17) is 4.74 Å². The number of hydrogen-bond donors (Lipinski definition) is 2. The molecule has 0 bridgehead atoms. The number of nitro benzene ring substituents is 1. The van der Waals surface area contributed by atoms with Gasteiger partial charge in [-0.2, -0.15) is 11.8 Å². The van der Waals surface area contributed by atoms with Crippen LogP contribution in [0.3, 0.4) is 0 Å². The molecule has 0 aliphatic carbocycles. The summed E-state index contributed by atoms with van der Waals surface area (Å²) in [4.78, 5) is 22.8. The van der Waals surface area contributed by atoms with E-state index in [0.717, 1.165) is 37.5 Å². The maximum absolute atomic E-state index is 12.2. The molecular formula is C21H25N3O4S. The second kappa shape index (κ2) is 10.8. The number of benzene rings is 2. The van der Waals surface area contributed by atoms with Gasteiger partial charge in [0.15, 0.2) is 0 Å². The molecule has 0 unspecified atom stereocenters. The van der Waals surface area contributed by atoms with Gasteiger partial charge in [0.05, 0.1) is 4.92 Å². The first kappa shape index (κ1) is 21.1. The largest absolute Gasteiger partial charge is 0.381 e. The fourth-order valence-corrected chi connectivity index (χ4v) is 4.25. The van der Waals surface area contributed by atoms with Gasteiger partial charge >= 0.3 is 0 Å². The third kappa shape index (κ3) is 6.76. The van der Waals surface area contributed by atoms with Crippen LogP contribution in [-0.2, 0) is 15.3 Å². The van der Waals surface area contributed by atoms with Crippen LogP contribution in [0, 0.1) is 10.1 Å². The lowest BCUT2D eigenvalue weighted by atomic mass is 10.2. The maximum atomic E-state index is 12.2. The van der Waals surface area contributed by atoms with E-state index in [1.165, 1.54) is 11.6 Å². The highest BCUT2D eigenvalue weighted by atomic mass is 32.2. The van der Waals surface area contributed by atoms with E-state index >= 15 is 0 Å². The minimum absolute atomic E-state index is 0.00244. The van der Waals surface area contributed by atoms with Crippen molar-refractivity contribution in [1.29, 1.82) is 0 Å². The molecule has 7 nitrogen and oxygen atoms in total. The van der Waals surface area contributed by atoms with Crippen LogP contribution in [0.5, 0.6) is 0 Å². The smallest absolute Gasteiger partial charge is 0.292 e. The van der Waals surface area contributed by atoms with Crippen molar-refractivity contribution in [1.82, 2.24) is 0 Å². The molecule has 2 aromatic carbocycles. The fraction of sp³-hybridized carbons (Fsp3) is 0.381. The molecule has 3 rings (SSSR count). The second-order valence-corrected chi connectivity index (χ2v) is 8.11. The van der Waals surface area contributed by atoms with Crippen molar-refractivity contribution in [2.75, 3.05) is 30.4 Å². The monoisotopic (exact) mass is 415 g/mol. The number of carbonyl (C=O) groups is 1. The van der Waals surface area contributed by atoms with Crippen LogP contribution in [0.2, 0.25) is 0 Å². The molecule has 2 aromatic rings. The molecule has 0 atom stereocenters. The topological polar surface area (TPSA) is 93.5 Å². The summed E-state index contributed by atoms with van der Waals surface area (Å²) < 4.78 is 5.39. The number of amides is 1. The Kier molecular flexibility index (Phi) is 7.89. The summed E-state index contributed by atoms with van der Waals surface area (Å²) in [6.07, 6.45) is 2.40. The van der Waals surface area contributed by atoms with Gasteiger partial charge in [0.25, 0.3) is 5.69 Å². The van der Waals surface area contributed by atoms with Crippen LogP contribution in [0.1, 0.15) is 24.8 Å². The van der Waals surface area contributed by atoms with Gasteiger partial charge in [0, 0.05) is 48.9 Å². The van der Waals surface area contributed by atoms with Crippen molar-refractivity contribution in [2.45, 2.75) is 30.3 Å². The molecule has 0 aromatic heterocycles. The summed E-state index contributed by atoms with van der Waals surface area (Å²) in [5.74, 6) is 0.776. The lowest BCUT2D eigenvalue weighted by molar-refractivity contribution is -0.384. The normalized spacial score (nSPS) is 14.3. The average molecular weight is 416 g/mol.